The van der Waals surface area contributed by atoms with Gasteiger partial charge in [-0.15, -0.1) is 0 Å². The van der Waals surface area contributed by atoms with Gasteiger partial charge in [0.1, 0.15) is 0 Å². The highest BCUT2D eigenvalue weighted by Crippen LogP contribution is 1.82. The van der Waals surface area contributed by atoms with Crippen LogP contribution in [0.2, 0.25) is 0 Å². The second-order valence-corrected chi connectivity index (χ2v) is 2.88. The van der Waals surface area contributed by atoms with Crippen LogP contribution in [0.25, 0.3) is 0 Å². The van der Waals surface area contributed by atoms with Crippen molar-refractivity contribution in [3.05, 3.63) is 0 Å². The van der Waals surface area contributed by atoms with E-state index in [-0.39, 0.29) is 6.03 Å². The van der Waals surface area contributed by atoms with E-state index in [1.54, 1.807) is 14.1 Å². The van der Waals surface area contributed by atoms with E-state index >= 15 is 0 Å². The summed E-state index contributed by atoms with van der Waals surface area (Å²) < 4.78 is 5.14. The molecule has 0 aliphatic heterocycles. The maximum absolute atomic E-state index is 11.0. The molecule has 0 spiro atoms. The van der Waals surface area contributed by atoms with Gasteiger partial charge in [-0.2, -0.15) is 0 Å². The number of nitrogens with zero attached hydrogens (tertiary/aromatic N) is 1. The van der Waals surface area contributed by atoms with Gasteiger partial charge >= 0.3 is 6.03 Å². The topological polar surface area (TPSA) is 67.6 Å². The Hall–Kier alpha value is -0.810. The summed E-state index contributed by atoms with van der Waals surface area (Å²) in [7, 11) is 3.42. The molecular formula is C8H19N3O2. The minimum absolute atomic E-state index is 0.0705. The number of carbonyl (C=O) groups excluding carboxylic acids is 1. The fourth-order valence-corrected chi connectivity index (χ4v) is 0.713. The molecule has 3 N–H and O–H groups in total. The van der Waals surface area contributed by atoms with Crippen LogP contribution in [-0.2, 0) is 4.74 Å². The molecule has 0 unspecified atom stereocenters. The molecule has 0 aliphatic rings. The van der Waals surface area contributed by atoms with Crippen LogP contribution in [0.3, 0.4) is 0 Å². The van der Waals surface area contributed by atoms with Gasteiger partial charge in [-0.25, -0.2) is 4.79 Å². The fourth-order valence-electron chi connectivity index (χ4n) is 0.713. The third kappa shape index (κ3) is 7.55. The number of hydrogen-bond donors (Lipinski definition) is 2. The highest BCUT2D eigenvalue weighted by atomic mass is 16.5. The van der Waals surface area contributed by atoms with Crippen molar-refractivity contribution in [3.63, 3.8) is 0 Å². The summed E-state index contributed by atoms with van der Waals surface area (Å²) in [4.78, 5) is 12.5. The predicted octanol–water partition coefficient (Wildman–Crippen LogP) is -0.377. The summed E-state index contributed by atoms with van der Waals surface area (Å²) in [6, 6.07) is -0.0705. The van der Waals surface area contributed by atoms with Crippen LogP contribution >= 0.6 is 0 Å². The molecule has 2 amide bonds. The van der Waals surface area contributed by atoms with Crippen LogP contribution in [0.5, 0.6) is 0 Å². The van der Waals surface area contributed by atoms with Crippen LogP contribution < -0.4 is 11.1 Å². The Labute approximate surface area is 79.2 Å². The molecule has 78 valence electrons. The molecule has 13 heavy (non-hydrogen) atoms. The molecule has 0 aromatic carbocycles. The number of ether oxygens (including phenoxy) is 1. The molecule has 0 heterocycles. The molecule has 0 saturated heterocycles. The Morgan fingerprint density at radius 3 is 2.69 bits per heavy atom. The lowest BCUT2D eigenvalue weighted by atomic mass is 10.4. The lowest BCUT2D eigenvalue weighted by Crippen LogP contribution is -2.35. The number of carbonyl (C=O) groups is 1. The number of nitrogens with two attached hydrogens (primary N) is 1. The average Bonchev–Trinajstić information content (AvgIpc) is 2.10. The van der Waals surface area contributed by atoms with Gasteiger partial charge in [0.05, 0.1) is 6.61 Å². The highest BCUT2D eigenvalue weighted by molar-refractivity contribution is 5.73. The first-order chi connectivity index (χ1) is 6.18. The van der Waals surface area contributed by atoms with Crippen LogP contribution in [0.4, 0.5) is 4.79 Å². The lowest BCUT2D eigenvalue weighted by Gasteiger charge is -2.11. The van der Waals surface area contributed by atoms with Crippen LogP contribution in [-0.4, -0.2) is 51.3 Å². The molecule has 5 nitrogen and oxygen atoms in total. The van der Waals surface area contributed by atoms with E-state index in [0.717, 1.165) is 6.42 Å². The van der Waals surface area contributed by atoms with Gasteiger partial charge in [-0.05, 0) is 6.42 Å². The van der Waals surface area contributed by atoms with Crippen molar-refractivity contribution in [2.24, 2.45) is 5.73 Å². The van der Waals surface area contributed by atoms with Crippen LogP contribution in [0.1, 0.15) is 6.42 Å². The van der Waals surface area contributed by atoms with Crippen molar-refractivity contribution in [3.8, 4) is 0 Å². The number of nitrogens with one attached hydrogen (secondary N) is 1. The minimum atomic E-state index is -0.0705. The average molecular weight is 189 g/mol. The van der Waals surface area contributed by atoms with E-state index in [1.165, 1.54) is 4.90 Å². The van der Waals surface area contributed by atoms with Gasteiger partial charge in [0.25, 0.3) is 0 Å². The Kier molecular flexibility index (Phi) is 7.33. The molecule has 0 aromatic rings. The molecule has 0 atom stereocenters. The highest BCUT2D eigenvalue weighted by Gasteiger charge is 1.99. The summed E-state index contributed by atoms with van der Waals surface area (Å²) in [5.74, 6) is 0. The Morgan fingerprint density at radius 2 is 2.15 bits per heavy atom. The second-order valence-electron chi connectivity index (χ2n) is 2.88. The third-order valence-corrected chi connectivity index (χ3v) is 1.41. The van der Waals surface area contributed by atoms with Crippen molar-refractivity contribution in [1.82, 2.24) is 10.2 Å². The predicted molar refractivity (Wildman–Crippen MR) is 51.6 cm³/mol. The van der Waals surface area contributed by atoms with E-state index in [0.29, 0.717) is 26.3 Å². The first-order valence-electron chi connectivity index (χ1n) is 4.41. The SMILES string of the molecule is CN(C)C(=O)NCCCOCCN. The number of urea groups is 1. The molecule has 0 bridgehead atoms. The number of rotatable bonds is 6. The molecule has 0 fully saturated rings. The monoisotopic (exact) mass is 189 g/mol. The zero-order chi connectivity index (χ0) is 10.1. The summed E-state index contributed by atoms with van der Waals surface area (Å²) in [6.45, 7) is 2.41. The maximum Gasteiger partial charge on any atom is 0.316 e. The number of hydrogen-bond acceptors (Lipinski definition) is 3. The fraction of sp³-hybridized carbons (Fsp3) is 0.875. The van der Waals surface area contributed by atoms with Crippen LogP contribution in [0.15, 0.2) is 0 Å². The Bertz CT molecular complexity index is 139. The van der Waals surface area contributed by atoms with Crippen molar-refractivity contribution in [1.29, 1.82) is 0 Å². The molecule has 5 heteroatoms. The van der Waals surface area contributed by atoms with Gasteiger partial charge in [-0.1, -0.05) is 0 Å². The molecule has 0 rings (SSSR count). The third-order valence-electron chi connectivity index (χ3n) is 1.41. The zero-order valence-corrected chi connectivity index (χ0v) is 8.38. The lowest BCUT2D eigenvalue weighted by molar-refractivity contribution is 0.138. The van der Waals surface area contributed by atoms with E-state index in [1.807, 2.05) is 0 Å². The smallest absolute Gasteiger partial charge is 0.316 e. The van der Waals surface area contributed by atoms with Gasteiger partial charge in [-0.3, -0.25) is 0 Å². The molecule has 0 aromatic heterocycles. The van der Waals surface area contributed by atoms with Gasteiger partial charge < -0.3 is 20.7 Å². The second kappa shape index (κ2) is 7.82. The molecule has 0 radical (unpaired) electrons. The number of amides is 2. The minimum Gasteiger partial charge on any atom is -0.380 e. The molecule has 0 aliphatic carbocycles. The van der Waals surface area contributed by atoms with Crippen molar-refractivity contribution in [2.45, 2.75) is 6.42 Å². The molecular weight excluding hydrogens is 170 g/mol. The van der Waals surface area contributed by atoms with E-state index in [2.05, 4.69) is 5.32 Å². The summed E-state index contributed by atoms with van der Waals surface area (Å²) in [5, 5.41) is 2.73. The van der Waals surface area contributed by atoms with E-state index in [4.69, 9.17) is 10.5 Å². The van der Waals surface area contributed by atoms with Gasteiger partial charge in [0, 0.05) is 33.8 Å². The largest absolute Gasteiger partial charge is 0.380 e. The van der Waals surface area contributed by atoms with Crippen molar-refractivity contribution >= 4 is 6.03 Å². The normalized spacial score (nSPS) is 9.77. The van der Waals surface area contributed by atoms with E-state index in [9.17, 15) is 4.79 Å². The Morgan fingerprint density at radius 1 is 1.46 bits per heavy atom. The summed E-state index contributed by atoms with van der Waals surface area (Å²) >= 11 is 0. The van der Waals surface area contributed by atoms with E-state index < -0.39 is 0 Å². The summed E-state index contributed by atoms with van der Waals surface area (Å²) in [6.07, 6.45) is 0.819. The van der Waals surface area contributed by atoms with Crippen molar-refractivity contribution < 1.29 is 9.53 Å². The first kappa shape index (κ1) is 12.2. The zero-order valence-electron chi connectivity index (χ0n) is 8.38. The maximum atomic E-state index is 11.0. The quantitative estimate of drug-likeness (QED) is 0.560. The summed E-state index contributed by atoms with van der Waals surface area (Å²) in [5.41, 5.74) is 5.23. The van der Waals surface area contributed by atoms with Crippen molar-refractivity contribution in [2.75, 3.05) is 40.4 Å². The first-order valence-corrected chi connectivity index (χ1v) is 4.41. The van der Waals surface area contributed by atoms with Gasteiger partial charge in [0.2, 0.25) is 0 Å². The van der Waals surface area contributed by atoms with Crippen LogP contribution in [0, 0.1) is 0 Å². The Balaban J connectivity index is 3.12. The molecule has 0 saturated carbocycles. The van der Waals surface area contributed by atoms with Gasteiger partial charge in [0.15, 0.2) is 0 Å². The standard InChI is InChI=1S/C8H19N3O2/c1-11(2)8(12)10-5-3-6-13-7-4-9/h3-7,9H2,1-2H3,(H,10,12).